The van der Waals surface area contributed by atoms with Gasteiger partial charge in [0.2, 0.25) is 0 Å². The monoisotopic (exact) mass is 436 g/mol. The minimum Gasteiger partial charge on any atom is -0.663 e. The van der Waals surface area contributed by atoms with Crippen molar-refractivity contribution in [2.24, 2.45) is 6.99 Å². The summed E-state index contributed by atoms with van der Waals surface area (Å²) in [7, 11) is 0. The van der Waals surface area contributed by atoms with Crippen LogP contribution in [-0.4, -0.2) is 38.3 Å². The third-order valence-electron chi connectivity index (χ3n) is 4.44. The third-order valence-corrected chi connectivity index (χ3v) is 6.37. The van der Waals surface area contributed by atoms with Gasteiger partial charge in [-0.05, 0) is 0 Å². The molecule has 148 valence electrons. The van der Waals surface area contributed by atoms with E-state index in [1.807, 2.05) is 27.7 Å². The molecule has 2 aliphatic carbocycles. The summed E-state index contributed by atoms with van der Waals surface area (Å²) >= 11 is -0.351. The van der Waals surface area contributed by atoms with Crippen molar-refractivity contribution in [3.8, 4) is 0 Å². The van der Waals surface area contributed by atoms with E-state index in [2.05, 4.69) is 10.6 Å². The van der Waals surface area contributed by atoms with E-state index in [0.29, 0.717) is 12.1 Å². The predicted octanol–water partition coefficient (Wildman–Crippen LogP) is 6.90. The van der Waals surface area contributed by atoms with Crippen molar-refractivity contribution in [1.29, 1.82) is 0 Å². The molecule has 2 fully saturated rings. The van der Waals surface area contributed by atoms with Crippen molar-refractivity contribution in [2.45, 2.75) is 104 Å². The van der Waals surface area contributed by atoms with Gasteiger partial charge in [-0.15, -0.1) is 0 Å². The van der Waals surface area contributed by atoms with Crippen LogP contribution in [0.25, 0.3) is 10.6 Å². The van der Waals surface area contributed by atoms with E-state index < -0.39 is 0 Å². The first kappa shape index (κ1) is 25.2. The summed E-state index contributed by atoms with van der Waals surface area (Å²) in [6, 6.07) is 1.40. The van der Waals surface area contributed by atoms with Gasteiger partial charge in [-0.1, -0.05) is 27.7 Å². The Morgan fingerprint density at radius 3 is 1.16 bits per heavy atom. The van der Waals surface area contributed by atoms with E-state index in [9.17, 15) is 0 Å². The Balaban J connectivity index is 0.000000480. The van der Waals surface area contributed by atoms with Crippen molar-refractivity contribution in [3.05, 3.63) is 10.6 Å². The molecule has 0 radical (unpaired) electrons. The van der Waals surface area contributed by atoms with Gasteiger partial charge in [-0.25, -0.2) is 0 Å². The fraction of sp³-hybridized carbons (Fsp3) is 1.00. The molecular formula is C20H42MoN4. The number of hydrogen-bond acceptors (Lipinski definition) is 2. The number of nitrogens with zero attached hydrogens (tertiary/aromatic N) is 4. The van der Waals surface area contributed by atoms with Gasteiger partial charge in [0.15, 0.2) is 0 Å². The molecule has 0 saturated heterocycles. The van der Waals surface area contributed by atoms with Crippen molar-refractivity contribution in [3.63, 3.8) is 0 Å². The third kappa shape index (κ3) is 17.4. The summed E-state index contributed by atoms with van der Waals surface area (Å²) in [5.41, 5.74) is 0. The average Bonchev–Trinajstić information content (AvgIpc) is 2.66. The molecule has 0 aromatic carbocycles. The van der Waals surface area contributed by atoms with Crippen molar-refractivity contribution >= 4 is 0 Å². The molecule has 0 unspecified atom stereocenters. The zero-order chi connectivity index (χ0) is 18.6. The molecule has 0 atom stereocenters. The number of rotatable bonds is 6. The van der Waals surface area contributed by atoms with Crippen LogP contribution in [0.2, 0.25) is 0 Å². The zero-order valence-electron chi connectivity index (χ0n) is 17.3. The maximum Gasteiger partial charge on any atom is -0.0844 e. The smallest absolute Gasteiger partial charge is 0.0844 e. The van der Waals surface area contributed by atoms with Crippen LogP contribution in [0, 0.1) is 0 Å². The molecule has 0 amide bonds. The van der Waals surface area contributed by atoms with E-state index in [4.69, 9.17) is 6.99 Å². The summed E-state index contributed by atoms with van der Waals surface area (Å²) in [6.45, 7) is 12.1. The second-order valence-corrected chi connectivity index (χ2v) is 8.03. The van der Waals surface area contributed by atoms with Crippen LogP contribution in [0.15, 0.2) is 6.99 Å². The Labute approximate surface area is 166 Å². The summed E-state index contributed by atoms with van der Waals surface area (Å²) in [5.74, 6) is 0. The Morgan fingerprint density at radius 2 is 0.920 bits per heavy atom. The van der Waals surface area contributed by atoms with Gasteiger partial charge in [-0.2, -0.15) is 26.2 Å². The van der Waals surface area contributed by atoms with Gasteiger partial charge in [-0.3, -0.25) is 0 Å². The first-order valence-corrected chi connectivity index (χ1v) is 12.4. The second-order valence-electron chi connectivity index (χ2n) is 6.59. The van der Waals surface area contributed by atoms with Gasteiger partial charge < -0.3 is 10.6 Å². The quantitative estimate of drug-likeness (QED) is 0.408. The van der Waals surface area contributed by atoms with Gasteiger partial charge >= 0.3 is 101 Å². The van der Waals surface area contributed by atoms with Crippen LogP contribution in [0.4, 0.5) is 0 Å². The molecule has 0 spiro atoms. The first-order valence-electron chi connectivity index (χ1n) is 10.6. The van der Waals surface area contributed by atoms with Gasteiger partial charge in [0.25, 0.3) is 0 Å². The maximum atomic E-state index is 4.84. The minimum absolute atomic E-state index is 0.351. The normalized spacial score (nSPS) is 18.1. The minimum atomic E-state index is -0.351. The molecule has 0 bridgehead atoms. The molecule has 2 rings (SSSR count). The second kappa shape index (κ2) is 20.5. The standard InChI is InChI=1S/2C6H11N.2C4H10N.Mo/c2*7-6-4-2-1-3-5-6;2*1-3-5-4-2;/h2*6H,1-5H2;2*3-4H2,1-2H3;/q;;2*-1;+2. The molecule has 2 aliphatic rings. The summed E-state index contributed by atoms with van der Waals surface area (Å²) in [6.07, 6.45) is 13.9. The van der Waals surface area contributed by atoms with Crippen LogP contribution >= 0.6 is 0 Å². The SMILES string of the molecule is C1CCC([N]=[Mo+2]=[N]C2CCCCC2)CC1.CC[N-]CC.CC[N-]CC. The Kier molecular flexibility index (Phi) is 20.7. The van der Waals surface area contributed by atoms with Crippen LogP contribution in [0.3, 0.4) is 0 Å². The Hall–Kier alpha value is 0.208. The fourth-order valence-electron chi connectivity index (χ4n) is 2.98. The first-order chi connectivity index (χ1) is 12.3. The van der Waals surface area contributed by atoms with E-state index in [1.165, 1.54) is 64.2 Å². The summed E-state index contributed by atoms with van der Waals surface area (Å²) < 4.78 is 9.68. The zero-order valence-corrected chi connectivity index (χ0v) is 19.3. The molecule has 5 heteroatoms. The van der Waals surface area contributed by atoms with Gasteiger partial charge in [0.1, 0.15) is 0 Å². The van der Waals surface area contributed by atoms with Crippen LogP contribution in [0.5, 0.6) is 0 Å². The van der Waals surface area contributed by atoms with Crippen molar-refractivity contribution in [1.82, 2.24) is 0 Å². The maximum absolute atomic E-state index is 4.84. The fourth-order valence-corrected chi connectivity index (χ4v) is 4.81. The van der Waals surface area contributed by atoms with E-state index in [0.717, 1.165) is 26.2 Å². The largest absolute Gasteiger partial charge is 0.663 e. The average molecular weight is 435 g/mol. The topological polar surface area (TPSA) is 52.9 Å². The van der Waals surface area contributed by atoms with Gasteiger partial charge in [0, 0.05) is 0 Å². The molecule has 0 N–H and O–H groups in total. The molecule has 2 saturated carbocycles. The van der Waals surface area contributed by atoms with Crippen molar-refractivity contribution in [2.75, 3.05) is 26.2 Å². The van der Waals surface area contributed by atoms with E-state index in [-0.39, 0.29) is 18.2 Å². The predicted molar refractivity (Wildman–Crippen MR) is 107 cm³/mol. The molecule has 4 nitrogen and oxygen atoms in total. The molecule has 0 aromatic heterocycles. The molecule has 25 heavy (non-hydrogen) atoms. The molecule has 0 aliphatic heterocycles. The van der Waals surface area contributed by atoms with Gasteiger partial charge in [0.05, 0.1) is 0 Å². The number of hydrogen-bond donors (Lipinski definition) is 0. The van der Waals surface area contributed by atoms with Crippen LogP contribution in [0.1, 0.15) is 91.9 Å². The van der Waals surface area contributed by atoms with E-state index >= 15 is 0 Å². The molecule has 0 aromatic rings. The van der Waals surface area contributed by atoms with Crippen LogP contribution < -0.4 is 0 Å². The summed E-state index contributed by atoms with van der Waals surface area (Å²) in [5, 5.41) is 7.94. The molecular weight excluding hydrogens is 392 g/mol. The van der Waals surface area contributed by atoms with E-state index in [1.54, 1.807) is 0 Å². The Morgan fingerprint density at radius 1 is 0.600 bits per heavy atom. The van der Waals surface area contributed by atoms with Crippen molar-refractivity contribution < 1.29 is 18.2 Å². The summed E-state index contributed by atoms with van der Waals surface area (Å²) in [4.78, 5) is 0. The molecule has 0 heterocycles. The van der Waals surface area contributed by atoms with Crippen LogP contribution in [-0.2, 0) is 18.2 Å². The Bertz CT molecular complexity index is 286.